The lowest BCUT2D eigenvalue weighted by Crippen LogP contribution is -2.43. The number of carbonyl (C=O) groups excluding carboxylic acids is 1. The number of hydrogen-bond acceptors (Lipinski definition) is 4. The second-order valence-electron chi connectivity index (χ2n) is 5.83. The molecule has 0 atom stereocenters. The van der Waals surface area contributed by atoms with Crippen LogP contribution in [0.4, 0.5) is 0 Å². The van der Waals surface area contributed by atoms with Gasteiger partial charge in [0.1, 0.15) is 0 Å². The molecule has 6 heteroatoms. The Morgan fingerprint density at radius 1 is 1.37 bits per heavy atom. The van der Waals surface area contributed by atoms with Crippen molar-refractivity contribution < 1.29 is 4.79 Å². The molecule has 2 N–H and O–H groups in total. The fourth-order valence-corrected chi connectivity index (χ4v) is 2.68. The standard InChI is InChI=1S/C13H21N5O/c1-9-2-4-10(5-3-9)15-13(19)12-8-18(17-16-12)11-6-14-7-11/h8-11,14H,2-7H2,1H3,(H,15,19). The summed E-state index contributed by atoms with van der Waals surface area (Å²) in [4.78, 5) is 12.1. The zero-order valence-electron chi connectivity index (χ0n) is 11.3. The first-order chi connectivity index (χ1) is 9.22. The average Bonchev–Trinajstić information content (AvgIpc) is 2.79. The number of nitrogens with zero attached hydrogens (tertiary/aromatic N) is 3. The normalized spacial score (nSPS) is 27.8. The molecule has 2 heterocycles. The molecule has 0 spiro atoms. The van der Waals surface area contributed by atoms with Gasteiger partial charge in [0.2, 0.25) is 0 Å². The molecule has 0 aromatic carbocycles. The highest BCUT2D eigenvalue weighted by Crippen LogP contribution is 2.23. The molecule has 0 radical (unpaired) electrons. The first kappa shape index (κ1) is 12.6. The van der Waals surface area contributed by atoms with Gasteiger partial charge in [0.15, 0.2) is 5.69 Å². The summed E-state index contributed by atoms with van der Waals surface area (Å²) in [5, 5.41) is 14.3. The predicted octanol–water partition coefficient (Wildman–Crippen LogP) is 0.731. The van der Waals surface area contributed by atoms with Crippen molar-refractivity contribution in [3.63, 3.8) is 0 Å². The third-order valence-corrected chi connectivity index (χ3v) is 4.23. The fraction of sp³-hybridized carbons (Fsp3) is 0.769. The van der Waals surface area contributed by atoms with Crippen molar-refractivity contribution in [1.29, 1.82) is 0 Å². The highest BCUT2D eigenvalue weighted by molar-refractivity contribution is 5.92. The first-order valence-electron chi connectivity index (χ1n) is 7.16. The molecule has 2 aliphatic rings. The molecular weight excluding hydrogens is 242 g/mol. The zero-order chi connectivity index (χ0) is 13.2. The quantitative estimate of drug-likeness (QED) is 0.843. The van der Waals surface area contributed by atoms with Crippen LogP contribution in [0.15, 0.2) is 6.20 Å². The van der Waals surface area contributed by atoms with Crippen LogP contribution in [0.2, 0.25) is 0 Å². The molecular formula is C13H21N5O. The van der Waals surface area contributed by atoms with Crippen LogP contribution in [-0.4, -0.2) is 40.0 Å². The summed E-state index contributed by atoms with van der Waals surface area (Å²) in [5.74, 6) is 0.707. The van der Waals surface area contributed by atoms with E-state index in [0.717, 1.165) is 31.8 Å². The number of hydrogen-bond donors (Lipinski definition) is 2. The molecule has 1 aromatic heterocycles. The number of aromatic nitrogens is 3. The van der Waals surface area contributed by atoms with Crippen molar-refractivity contribution in [3.8, 4) is 0 Å². The van der Waals surface area contributed by atoms with Crippen LogP contribution in [-0.2, 0) is 0 Å². The summed E-state index contributed by atoms with van der Waals surface area (Å²) in [6, 6.07) is 0.656. The second-order valence-corrected chi connectivity index (χ2v) is 5.83. The SMILES string of the molecule is CC1CCC(NC(=O)c2cn(C3CNC3)nn2)CC1. The summed E-state index contributed by atoms with van der Waals surface area (Å²) in [5.41, 5.74) is 0.436. The number of nitrogens with one attached hydrogen (secondary N) is 2. The van der Waals surface area contributed by atoms with Crippen molar-refractivity contribution in [2.24, 2.45) is 5.92 Å². The molecule has 1 saturated heterocycles. The number of rotatable bonds is 3. The van der Waals surface area contributed by atoms with Gasteiger partial charge in [0, 0.05) is 19.1 Å². The van der Waals surface area contributed by atoms with Crippen LogP contribution >= 0.6 is 0 Å². The number of carbonyl (C=O) groups is 1. The third kappa shape index (κ3) is 2.78. The van der Waals surface area contributed by atoms with Crippen molar-refractivity contribution in [3.05, 3.63) is 11.9 Å². The smallest absolute Gasteiger partial charge is 0.273 e. The zero-order valence-corrected chi connectivity index (χ0v) is 11.3. The van der Waals surface area contributed by atoms with E-state index in [-0.39, 0.29) is 5.91 Å². The lowest BCUT2D eigenvalue weighted by molar-refractivity contribution is 0.0918. The van der Waals surface area contributed by atoms with E-state index in [9.17, 15) is 4.79 Å². The van der Waals surface area contributed by atoms with E-state index < -0.39 is 0 Å². The van der Waals surface area contributed by atoms with E-state index in [1.54, 1.807) is 10.9 Å². The molecule has 1 aliphatic carbocycles. The molecule has 3 rings (SSSR count). The summed E-state index contributed by atoms with van der Waals surface area (Å²) < 4.78 is 1.79. The van der Waals surface area contributed by atoms with E-state index in [1.807, 2.05) is 0 Å². The van der Waals surface area contributed by atoms with Gasteiger partial charge in [0.05, 0.1) is 12.2 Å². The maximum Gasteiger partial charge on any atom is 0.273 e. The summed E-state index contributed by atoms with van der Waals surface area (Å²) in [6.45, 7) is 4.09. The van der Waals surface area contributed by atoms with E-state index in [4.69, 9.17) is 0 Å². The number of amides is 1. The Morgan fingerprint density at radius 2 is 2.11 bits per heavy atom. The minimum Gasteiger partial charge on any atom is -0.348 e. The van der Waals surface area contributed by atoms with E-state index in [1.165, 1.54) is 12.8 Å². The van der Waals surface area contributed by atoms with E-state index in [0.29, 0.717) is 17.8 Å². The van der Waals surface area contributed by atoms with Crippen molar-refractivity contribution >= 4 is 5.91 Å². The lowest BCUT2D eigenvalue weighted by atomic mass is 9.87. The maximum absolute atomic E-state index is 12.1. The van der Waals surface area contributed by atoms with Crippen LogP contribution < -0.4 is 10.6 Å². The van der Waals surface area contributed by atoms with Crippen LogP contribution in [0.1, 0.15) is 49.1 Å². The summed E-state index contributed by atoms with van der Waals surface area (Å²) >= 11 is 0. The van der Waals surface area contributed by atoms with Crippen LogP contribution in [0, 0.1) is 5.92 Å². The molecule has 6 nitrogen and oxygen atoms in total. The third-order valence-electron chi connectivity index (χ3n) is 4.23. The molecule has 1 aliphatic heterocycles. The molecule has 2 fully saturated rings. The van der Waals surface area contributed by atoms with Crippen LogP contribution in [0.5, 0.6) is 0 Å². The van der Waals surface area contributed by atoms with Crippen molar-refractivity contribution in [1.82, 2.24) is 25.6 Å². The second kappa shape index (κ2) is 5.28. The molecule has 19 heavy (non-hydrogen) atoms. The average molecular weight is 263 g/mol. The Hall–Kier alpha value is -1.43. The van der Waals surface area contributed by atoms with Crippen molar-refractivity contribution in [2.45, 2.75) is 44.7 Å². The summed E-state index contributed by atoms with van der Waals surface area (Å²) in [6.07, 6.45) is 6.31. The minimum absolute atomic E-state index is 0.0851. The fourth-order valence-electron chi connectivity index (χ4n) is 2.68. The van der Waals surface area contributed by atoms with Gasteiger partial charge < -0.3 is 10.6 Å². The van der Waals surface area contributed by atoms with Crippen LogP contribution in [0.25, 0.3) is 0 Å². The van der Waals surface area contributed by atoms with Gasteiger partial charge >= 0.3 is 0 Å². The topological polar surface area (TPSA) is 71.8 Å². The first-order valence-corrected chi connectivity index (χ1v) is 7.16. The molecule has 0 unspecified atom stereocenters. The Kier molecular flexibility index (Phi) is 3.50. The Labute approximate surface area is 112 Å². The minimum atomic E-state index is -0.0851. The van der Waals surface area contributed by atoms with Gasteiger partial charge in [-0.3, -0.25) is 4.79 Å². The molecule has 1 saturated carbocycles. The highest BCUT2D eigenvalue weighted by atomic mass is 16.2. The van der Waals surface area contributed by atoms with E-state index >= 15 is 0 Å². The predicted molar refractivity (Wildman–Crippen MR) is 70.8 cm³/mol. The van der Waals surface area contributed by atoms with E-state index in [2.05, 4.69) is 27.9 Å². The Bertz CT molecular complexity index is 446. The van der Waals surface area contributed by atoms with Gasteiger partial charge in [-0.05, 0) is 31.6 Å². The highest BCUT2D eigenvalue weighted by Gasteiger charge is 2.24. The molecule has 1 aromatic rings. The maximum atomic E-state index is 12.1. The Morgan fingerprint density at radius 3 is 2.74 bits per heavy atom. The Balaban J connectivity index is 1.56. The van der Waals surface area contributed by atoms with Gasteiger partial charge in [-0.15, -0.1) is 5.10 Å². The molecule has 0 bridgehead atoms. The van der Waals surface area contributed by atoms with Crippen LogP contribution in [0.3, 0.4) is 0 Å². The molecule has 1 amide bonds. The van der Waals surface area contributed by atoms with Gasteiger partial charge in [-0.25, -0.2) is 4.68 Å². The largest absolute Gasteiger partial charge is 0.348 e. The van der Waals surface area contributed by atoms with Gasteiger partial charge in [-0.1, -0.05) is 12.1 Å². The van der Waals surface area contributed by atoms with Gasteiger partial charge in [0.25, 0.3) is 5.91 Å². The van der Waals surface area contributed by atoms with Crippen molar-refractivity contribution in [2.75, 3.05) is 13.1 Å². The lowest BCUT2D eigenvalue weighted by Gasteiger charge is -2.27. The molecule has 104 valence electrons. The van der Waals surface area contributed by atoms with Gasteiger partial charge in [-0.2, -0.15) is 0 Å². The summed E-state index contributed by atoms with van der Waals surface area (Å²) in [7, 11) is 0. The monoisotopic (exact) mass is 263 g/mol.